The van der Waals surface area contributed by atoms with Gasteiger partial charge in [-0.05, 0) is 19.4 Å². The van der Waals surface area contributed by atoms with Gasteiger partial charge in [0.05, 0.1) is 6.20 Å². The predicted molar refractivity (Wildman–Crippen MR) is 60.7 cm³/mol. The zero-order valence-corrected chi connectivity index (χ0v) is 10.0. The number of methoxy groups -OCH3 is 1. The van der Waals surface area contributed by atoms with Crippen LogP contribution >= 0.6 is 0 Å². The summed E-state index contributed by atoms with van der Waals surface area (Å²) in [5.41, 5.74) is 1.24. The van der Waals surface area contributed by atoms with Crippen LogP contribution in [0.5, 0.6) is 0 Å². The van der Waals surface area contributed by atoms with Crippen molar-refractivity contribution in [3.05, 3.63) is 18.0 Å². The van der Waals surface area contributed by atoms with E-state index >= 15 is 0 Å². The molecule has 4 nitrogen and oxygen atoms in total. The fourth-order valence-electron chi connectivity index (χ4n) is 1.85. The van der Waals surface area contributed by atoms with E-state index in [2.05, 4.69) is 23.5 Å². The molecule has 0 radical (unpaired) electrons. The van der Waals surface area contributed by atoms with E-state index in [0.717, 1.165) is 13.0 Å². The second-order valence-electron chi connectivity index (χ2n) is 3.97. The van der Waals surface area contributed by atoms with Crippen LogP contribution < -0.4 is 5.32 Å². The number of rotatable bonds is 6. The summed E-state index contributed by atoms with van der Waals surface area (Å²) < 4.78 is 6.94. The smallest absolute Gasteiger partial charge is 0.0537 e. The molecule has 1 heterocycles. The Labute approximate surface area is 91.6 Å². The minimum absolute atomic E-state index is 0.355. The molecule has 0 fully saturated rings. The van der Waals surface area contributed by atoms with Gasteiger partial charge in [0.15, 0.2) is 0 Å². The molecule has 2 atom stereocenters. The van der Waals surface area contributed by atoms with Crippen molar-refractivity contribution in [2.75, 3.05) is 20.8 Å². The van der Waals surface area contributed by atoms with Gasteiger partial charge in [-0.1, -0.05) is 6.92 Å². The predicted octanol–water partition coefficient (Wildman–Crippen LogP) is 1.35. The summed E-state index contributed by atoms with van der Waals surface area (Å²) in [5, 5.41) is 7.53. The van der Waals surface area contributed by atoms with Crippen molar-refractivity contribution < 1.29 is 4.74 Å². The summed E-state index contributed by atoms with van der Waals surface area (Å²) in [6.45, 7) is 3.03. The highest BCUT2D eigenvalue weighted by Crippen LogP contribution is 2.23. The van der Waals surface area contributed by atoms with Gasteiger partial charge >= 0.3 is 0 Å². The highest BCUT2D eigenvalue weighted by atomic mass is 16.5. The lowest BCUT2D eigenvalue weighted by molar-refractivity contribution is 0.171. The lowest BCUT2D eigenvalue weighted by atomic mass is 9.94. The summed E-state index contributed by atoms with van der Waals surface area (Å²) in [4.78, 5) is 0. The summed E-state index contributed by atoms with van der Waals surface area (Å²) in [6, 6.07) is 0.355. The molecule has 0 aliphatic rings. The van der Waals surface area contributed by atoms with E-state index in [9.17, 15) is 0 Å². The molecule has 0 saturated heterocycles. The molecular formula is C11H21N3O. The molecule has 1 rings (SSSR count). The topological polar surface area (TPSA) is 39.1 Å². The highest BCUT2D eigenvalue weighted by Gasteiger charge is 2.18. The zero-order valence-electron chi connectivity index (χ0n) is 10.0. The van der Waals surface area contributed by atoms with Crippen LogP contribution in [0.25, 0.3) is 0 Å². The molecule has 0 aliphatic heterocycles. The number of aromatic nitrogens is 2. The lowest BCUT2D eigenvalue weighted by Gasteiger charge is -2.22. The van der Waals surface area contributed by atoms with E-state index in [0.29, 0.717) is 12.0 Å². The molecule has 1 aromatic heterocycles. The fourth-order valence-corrected chi connectivity index (χ4v) is 1.85. The van der Waals surface area contributed by atoms with Gasteiger partial charge in [0.1, 0.15) is 0 Å². The Morgan fingerprint density at radius 2 is 2.33 bits per heavy atom. The third-order valence-electron chi connectivity index (χ3n) is 2.74. The van der Waals surface area contributed by atoms with Crippen LogP contribution in [-0.2, 0) is 11.8 Å². The van der Waals surface area contributed by atoms with E-state index in [1.54, 1.807) is 7.11 Å². The maximum atomic E-state index is 5.10. The normalized spacial score (nSPS) is 15.2. The first-order valence-corrected chi connectivity index (χ1v) is 5.33. The molecule has 15 heavy (non-hydrogen) atoms. The van der Waals surface area contributed by atoms with Crippen LogP contribution in [0, 0.1) is 5.92 Å². The number of hydrogen-bond donors (Lipinski definition) is 1. The third-order valence-corrected chi connectivity index (χ3v) is 2.74. The van der Waals surface area contributed by atoms with Crippen molar-refractivity contribution in [2.45, 2.75) is 19.4 Å². The number of nitrogens with zero attached hydrogens (tertiary/aromatic N) is 2. The molecule has 0 bridgehead atoms. The molecule has 86 valence electrons. The van der Waals surface area contributed by atoms with Crippen LogP contribution in [-0.4, -0.2) is 30.5 Å². The van der Waals surface area contributed by atoms with Gasteiger partial charge in [0.2, 0.25) is 0 Å². The van der Waals surface area contributed by atoms with Crippen LogP contribution in [0.4, 0.5) is 0 Å². The van der Waals surface area contributed by atoms with Crippen molar-refractivity contribution in [1.29, 1.82) is 0 Å². The van der Waals surface area contributed by atoms with Crippen LogP contribution in [0.2, 0.25) is 0 Å². The summed E-state index contributed by atoms with van der Waals surface area (Å²) in [5.74, 6) is 0.541. The molecular weight excluding hydrogens is 190 g/mol. The van der Waals surface area contributed by atoms with Gasteiger partial charge in [-0.15, -0.1) is 0 Å². The Kier molecular flexibility index (Phi) is 4.78. The Balaban J connectivity index is 2.62. The number of nitrogens with one attached hydrogen (secondary N) is 1. The maximum Gasteiger partial charge on any atom is 0.0537 e. The number of ether oxygens (including phenoxy) is 1. The van der Waals surface area contributed by atoms with Crippen LogP contribution in [0.15, 0.2) is 12.4 Å². The summed E-state index contributed by atoms with van der Waals surface area (Å²) >= 11 is 0. The van der Waals surface area contributed by atoms with E-state index in [-0.39, 0.29) is 0 Å². The maximum absolute atomic E-state index is 5.10. The van der Waals surface area contributed by atoms with Crippen molar-refractivity contribution in [3.8, 4) is 0 Å². The average Bonchev–Trinajstić information content (AvgIpc) is 2.63. The molecule has 2 unspecified atom stereocenters. The first-order chi connectivity index (χ1) is 7.19. The molecule has 0 amide bonds. The molecule has 0 spiro atoms. The second-order valence-corrected chi connectivity index (χ2v) is 3.97. The minimum atomic E-state index is 0.355. The first-order valence-electron chi connectivity index (χ1n) is 5.33. The number of hydrogen-bond acceptors (Lipinski definition) is 3. The van der Waals surface area contributed by atoms with Gasteiger partial charge in [-0.25, -0.2) is 0 Å². The lowest BCUT2D eigenvalue weighted by Crippen LogP contribution is -2.24. The third kappa shape index (κ3) is 3.32. The Bertz CT molecular complexity index is 285. The summed E-state index contributed by atoms with van der Waals surface area (Å²) in [7, 11) is 5.67. The molecule has 0 aliphatic carbocycles. The molecule has 0 aromatic carbocycles. The number of aryl methyl sites for hydroxylation is 1. The van der Waals surface area contributed by atoms with Gasteiger partial charge in [-0.2, -0.15) is 5.10 Å². The molecule has 1 N–H and O–H groups in total. The van der Waals surface area contributed by atoms with E-state index < -0.39 is 0 Å². The molecule has 1 aromatic rings. The zero-order chi connectivity index (χ0) is 11.3. The van der Waals surface area contributed by atoms with Crippen molar-refractivity contribution in [3.63, 3.8) is 0 Å². The van der Waals surface area contributed by atoms with Gasteiger partial charge in [0.25, 0.3) is 0 Å². The SMILES string of the molecule is CNC(c1cnn(C)c1)C(C)CCOC. The van der Waals surface area contributed by atoms with E-state index in [1.165, 1.54) is 5.56 Å². The van der Waals surface area contributed by atoms with Crippen LogP contribution in [0.3, 0.4) is 0 Å². The van der Waals surface area contributed by atoms with Crippen molar-refractivity contribution >= 4 is 0 Å². The fraction of sp³-hybridized carbons (Fsp3) is 0.727. The van der Waals surface area contributed by atoms with Crippen molar-refractivity contribution in [2.24, 2.45) is 13.0 Å². The Morgan fingerprint density at radius 3 is 2.80 bits per heavy atom. The second kappa shape index (κ2) is 5.88. The average molecular weight is 211 g/mol. The van der Waals surface area contributed by atoms with Crippen LogP contribution in [0.1, 0.15) is 24.9 Å². The molecule has 0 saturated carbocycles. The van der Waals surface area contributed by atoms with E-state index in [4.69, 9.17) is 4.74 Å². The quantitative estimate of drug-likeness (QED) is 0.772. The standard InChI is InChI=1S/C11H21N3O/c1-9(5-6-15-4)11(12-2)10-7-13-14(3)8-10/h7-9,11-12H,5-6H2,1-4H3. The Hall–Kier alpha value is -0.870. The van der Waals surface area contributed by atoms with Gasteiger partial charge in [-0.3, -0.25) is 4.68 Å². The highest BCUT2D eigenvalue weighted by molar-refractivity contribution is 5.11. The van der Waals surface area contributed by atoms with Crippen molar-refractivity contribution in [1.82, 2.24) is 15.1 Å². The molecule has 4 heteroatoms. The van der Waals surface area contributed by atoms with Gasteiger partial charge in [0, 0.05) is 38.6 Å². The first kappa shape index (κ1) is 12.2. The largest absolute Gasteiger partial charge is 0.385 e. The monoisotopic (exact) mass is 211 g/mol. The van der Waals surface area contributed by atoms with Gasteiger partial charge < -0.3 is 10.1 Å². The van der Waals surface area contributed by atoms with E-state index in [1.807, 2.05) is 25.0 Å². The minimum Gasteiger partial charge on any atom is -0.385 e. The summed E-state index contributed by atoms with van der Waals surface area (Å²) in [6.07, 6.45) is 5.03. The Morgan fingerprint density at radius 1 is 1.60 bits per heavy atom.